The normalized spacial score (nSPS) is 9.29. The predicted octanol–water partition coefficient (Wildman–Crippen LogP) is 3.06. The van der Waals surface area contributed by atoms with E-state index >= 15 is 0 Å². The number of nitrogens with zero attached hydrogens (tertiary/aromatic N) is 1. The lowest BCUT2D eigenvalue weighted by Crippen LogP contribution is -2.06. The molecule has 2 nitrogen and oxygen atoms in total. The highest BCUT2D eigenvalue weighted by Crippen LogP contribution is 2.10. The fourth-order valence-corrected chi connectivity index (χ4v) is 0.769. The second-order valence-electron chi connectivity index (χ2n) is 2.34. The molecule has 0 radical (unpaired) electrons. The monoisotopic (exact) mass is 203 g/mol. The number of rotatable bonds is 3. The molecule has 0 bridgehead atoms. The largest absolute Gasteiger partial charge is 0.488 e. The zero-order chi connectivity index (χ0) is 11.0. The molecule has 0 atom stereocenters. The SMILES string of the molecule is CC.Cc1cc(OCC(F)F)ccn1. The first-order chi connectivity index (χ1) is 6.68. The van der Waals surface area contributed by atoms with Gasteiger partial charge in [-0.3, -0.25) is 4.98 Å². The zero-order valence-corrected chi connectivity index (χ0v) is 8.63. The van der Waals surface area contributed by atoms with Gasteiger partial charge in [0.25, 0.3) is 6.43 Å². The first-order valence-corrected chi connectivity index (χ1v) is 4.52. The van der Waals surface area contributed by atoms with Crippen molar-refractivity contribution in [3.8, 4) is 5.75 Å². The summed E-state index contributed by atoms with van der Waals surface area (Å²) >= 11 is 0. The topological polar surface area (TPSA) is 22.1 Å². The van der Waals surface area contributed by atoms with E-state index in [1.165, 1.54) is 6.20 Å². The fourth-order valence-electron chi connectivity index (χ4n) is 0.769. The van der Waals surface area contributed by atoms with Crippen LogP contribution in [0.5, 0.6) is 5.75 Å². The lowest BCUT2D eigenvalue weighted by molar-refractivity contribution is 0.0818. The van der Waals surface area contributed by atoms with Gasteiger partial charge in [-0.25, -0.2) is 8.78 Å². The van der Waals surface area contributed by atoms with Crippen LogP contribution in [0.1, 0.15) is 19.5 Å². The zero-order valence-electron chi connectivity index (χ0n) is 8.63. The molecular formula is C10H15F2NO. The van der Waals surface area contributed by atoms with Gasteiger partial charge in [0.15, 0.2) is 0 Å². The highest BCUT2D eigenvalue weighted by atomic mass is 19.3. The van der Waals surface area contributed by atoms with Crippen molar-refractivity contribution < 1.29 is 13.5 Å². The van der Waals surface area contributed by atoms with E-state index in [9.17, 15) is 8.78 Å². The number of halogens is 2. The van der Waals surface area contributed by atoms with Crippen molar-refractivity contribution >= 4 is 0 Å². The summed E-state index contributed by atoms with van der Waals surface area (Å²) in [5, 5.41) is 0. The molecular weight excluding hydrogens is 188 g/mol. The van der Waals surface area contributed by atoms with Crippen molar-refractivity contribution in [3.05, 3.63) is 24.0 Å². The Morgan fingerprint density at radius 2 is 2.07 bits per heavy atom. The van der Waals surface area contributed by atoms with Gasteiger partial charge in [-0.15, -0.1) is 0 Å². The minimum Gasteiger partial charge on any atom is -0.488 e. The molecule has 0 N–H and O–H groups in total. The van der Waals surface area contributed by atoms with Crippen molar-refractivity contribution in [2.24, 2.45) is 0 Å². The average Bonchev–Trinajstić information content (AvgIpc) is 2.18. The van der Waals surface area contributed by atoms with Crippen LogP contribution in [0, 0.1) is 6.92 Å². The van der Waals surface area contributed by atoms with Gasteiger partial charge in [-0.1, -0.05) is 13.8 Å². The molecule has 80 valence electrons. The van der Waals surface area contributed by atoms with Gasteiger partial charge in [0.1, 0.15) is 12.4 Å². The number of pyridine rings is 1. The van der Waals surface area contributed by atoms with Crippen LogP contribution in [0.15, 0.2) is 18.3 Å². The summed E-state index contributed by atoms with van der Waals surface area (Å²) in [4.78, 5) is 3.90. The lowest BCUT2D eigenvalue weighted by Gasteiger charge is -2.04. The van der Waals surface area contributed by atoms with Crippen LogP contribution in [0.2, 0.25) is 0 Å². The van der Waals surface area contributed by atoms with E-state index in [2.05, 4.69) is 4.98 Å². The molecule has 0 aliphatic carbocycles. The molecule has 1 aromatic rings. The van der Waals surface area contributed by atoms with E-state index in [4.69, 9.17) is 4.74 Å². The summed E-state index contributed by atoms with van der Waals surface area (Å²) in [6.07, 6.45) is -0.908. The quantitative estimate of drug-likeness (QED) is 0.753. The van der Waals surface area contributed by atoms with Crippen LogP contribution in [-0.2, 0) is 0 Å². The van der Waals surface area contributed by atoms with Gasteiger partial charge in [-0.2, -0.15) is 0 Å². The molecule has 0 aliphatic rings. The molecule has 1 aromatic heterocycles. The minimum absolute atomic E-state index is 0.433. The second kappa shape index (κ2) is 7.24. The Kier molecular flexibility index (Phi) is 6.62. The van der Waals surface area contributed by atoms with Crippen molar-refractivity contribution in [2.75, 3.05) is 6.61 Å². The van der Waals surface area contributed by atoms with E-state index in [0.29, 0.717) is 5.75 Å². The molecule has 0 spiro atoms. The van der Waals surface area contributed by atoms with Crippen LogP contribution in [-0.4, -0.2) is 18.0 Å². The molecule has 1 rings (SSSR count). The maximum absolute atomic E-state index is 11.7. The molecule has 0 aliphatic heterocycles. The predicted molar refractivity (Wildman–Crippen MR) is 51.8 cm³/mol. The lowest BCUT2D eigenvalue weighted by atomic mass is 10.4. The number of hydrogen-bond donors (Lipinski definition) is 0. The summed E-state index contributed by atoms with van der Waals surface area (Å²) < 4.78 is 28.1. The summed E-state index contributed by atoms with van der Waals surface area (Å²) in [5.41, 5.74) is 0.752. The third-order valence-electron chi connectivity index (χ3n) is 1.24. The third kappa shape index (κ3) is 5.45. The second-order valence-corrected chi connectivity index (χ2v) is 2.34. The van der Waals surface area contributed by atoms with Gasteiger partial charge in [0.2, 0.25) is 0 Å². The fraction of sp³-hybridized carbons (Fsp3) is 0.500. The first-order valence-electron chi connectivity index (χ1n) is 4.52. The van der Waals surface area contributed by atoms with E-state index in [1.807, 2.05) is 13.8 Å². The number of alkyl halides is 2. The van der Waals surface area contributed by atoms with Crippen LogP contribution in [0.3, 0.4) is 0 Å². The minimum atomic E-state index is -2.43. The average molecular weight is 203 g/mol. The summed E-state index contributed by atoms with van der Waals surface area (Å²) in [6, 6.07) is 3.16. The highest BCUT2D eigenvalue weighted by Gasteiger charge is 2.02. The Morgan fingerprint density at radius 3 is 2.57 bits per heavy atom. The molecule has 4 heteroatoms. The first kappa shape index (κ1) is 12.8. The van der Waals surface area contributed by atoms with Gasteiger partial charge in [0, 0.05) is 18.0 Å². The van der Waals surface area contributed by atoms with Crippen LogP contribution < -0.4 is 4.74 Å². The molecule has 14 heavy (non-hydrogen) atoms. The Balaban J connectivity index is 0.000000791. The summed E-state index contributed by atoms with van der Waals surface area (Å²) in [7, 11) is 0. The Hall–Kier alpha value is -1.19. The number of aryl methyl sites for hydroxylation is 1. The van der Waals surface area contributed by atoms with E-state index in [-0.39, 0.29) is 0 Å². The van der Waals surface area contributed by atoms with E-state index < -0.39 is 13.0 Å². The van der Waals surface area contributed by atoms with Crippen LogP contribution >= 0.6 is 0 Å². The molecule has 0 amide bonds. The van der Waals surface area contributed by atoms with Crippen molar-refractivity contribution in [2.45, 2.75) is 27.2 Å². The van der Waals surface area contributed by atoms with Crippen molar-refractivity contribution in [1.29, 1.82) is 0 Å². The molecule has 0 unspecified atom stereocenters. The Morgan fingerprint density at radius 1 is 1.43 bits per heavy atom. The summed E-state index contributed by atoms with van der Waals surface area (Å²) in [5.74, 6) is 0.433. The van der Waals surface area contributed by atoms with Gasteiger partial charge in [-0.05, 0) is 13.0 Å². The summed E-state index contributed by atoms with van der Waals surface area (Å²) in [6.45, 7) is 5.21. The van der Waals surface area contributed by atoms with Gasteiger partial charge in [0.05, 0.1) is 0 Å². The van der Waals surface area contributed by atoms with Crippen molar-refractivity contribution in [3.63, 3.8) is 0 Å². The Bertz CT molecular complexity index is 254. The number of hydrogen-bond acceptors (Lipinski definition) is 2. The molecule has 1 heterocycles. The van der Waals surface area contributed by atoms with E-state index in [1.54, 1.807) is 19.1 Å². The standard InChI is InChI=1S/C8H9F2NO.C2H6/c1-6-4-7(2-3-11-6)12-5-8(9)10;1-2/h2-4,8H,5H2,1H3;1-2H3. The third-order valence-corrected chi connectivity index (χ3v) is 1.24. The maximum Gasteiger partial charge on any atom is 0.272 e. The Labute approximate surface area is 82.9 Å². The van der Waals surface area contributed by atoms with Crippen LogP contribution in [0.25, 0.3) is 0 Å². The van der Waals surface area contributed by atoms with Crippen LogP contribution in [0.4, 0.5) is 8.78 Å². The number of aromatic nitrogens is 1. The molecule has 0 saturated carbocycles. The van der Waals surface area contributed by atoms with E-state index in [0.717, 1.165) is 5.69 Å². The maximum atomic E-state index is 11.7. The highest BCUT2D eigenvalue weighted by molar-refractivity contribution is 5.21. The molecule has 0 aromatic carbocycles. The van der Waals surface area contributed by atoms with Gasteiger partial charge < -0.3 is 4.74 Å². The smallest absolute Gasteiger partial charge is 0.272 e. The number of ether oxygens (including phenoxy) is 1. The van der Waals surface area contributed by atoms with Gasteiger partial charge >= 0.3 is 0 Å². The van der Waals surface area contributed by atoms with Crippen molar-refractivity contribution in [1.82, 2.24) is 4.98 Å². The molecule has 0 fully saturated rings. The molecule has 0 saturated heterocycles.